The van der Waals surface area contributed by atoms with E-state index in [1.165, 1.54) is 0 Å². The van der Waals surface area contributed by atoms with Crippen molar-refractivity contribution in [2.75, 3.05) is 17.6 Å². The summed E-state index contributed by atoms with van der Waals surface area (Å²) in [5, 5.41) is 13.0. The highest BCUT2D eigenvalue weighted by Gasteiger charge is 2.25. The summed E-state index contributed by atoms with van der Waals surface area (Å²) in [5.74, 6) is 1.30. The van der Waals surface area contributed by atoms with Crippen molar-refractivity contribution in [3.8, 4) is 0 Å². The van der Waals surface area contributed by atoms with Crippen LogP contribution in [0.15, 0.2) is 24.3 Å². The maximum atomic E-state index is 9.80. The Hall–Kier alpha value is -1.88. The molecule has 19 heavy (non-hydrogen) atoms. The van der Waals surface area contributed by atoms with Crippen LogP contribution in [0.4, 0.5) is 11.6 Å². The van der Waals surface area contributed by atoms with Gasteiger partial charge in [-0.1, -0.05) is 18.6 Å². The number of benzene rings is 1. The molecule has 0 bridgehead atoms. The number of fused-ring (bicyclic) bond motifs is 1. The number of aliphatic hydroxyl groups is 1. The molecule has 3 rings (SSSR count). The normalized spacial score (nSPS) is 22.8. The molecule has 100 valence electrons. The van der Waals surface area contributed by atoms with Crippen LogP contribution in [0.5, 0.6) is 0 Å². The Bertz CT molecular complexity index is 587. The van der Waals surface area contributed by atoms with Crippen LogP contribution in [0, 0.1) is 5.92 Å². The number of nitrogens with two attached hydrogens (primary N) is 1. The molecule has 1 aromatic carbocycles. The highest BCUT2D eigenvalue weighted by atomic mass is 16.3. The molecule has 2 aromatic rings. The molecule has 1 aliphatic rings. The van der Waals surface area contributed by atoms with Gasteiger partial charge in [0.2, 0.25) is 0 Å². The predicted molar refractivity (Wildman–Crippen MR) is 75.8 cm³/mol. The molecule has 1 aliphatic carbocycles. The summed E-state index contributed by atoms with van der Waals surface area (Å²) < 4.78 is 0. The molecule has 2 unspecified atom stereocenters. The van der Waals surface area contributed by atoms with Crippen molar-refractivity contribution < 1.29 is 5.11 Å². The van der Waals surface area contributed by atoms with Crippen LogP contribution in [-0.2, 0) is 0 Å². The van der Waals surface area contributed by atoms with Crippen molar-refractivity contribution in [2.45, 2.75) is 25.4 Å². The molecule has 0 amide bonds. The molecule has 5 nitrogen and oxygen atoms in total. The van der Waals surface area contributed by atoms with E-state index in [9.17, 15) is 5.11 Å². The molecule has 1 heterocycles. The lowest BCUT2D eigenvalue weighted by Crippen LogP contribution is -2.22. The number of hydrogen-bond acceptors (Lipinski definition) is 5. The van der Waals surface area contributed by atoms with Crippen molar-refractivity contribution in [3.05, 3.63) is 24.3 Å². The van der Waals surface area contributed by atoms with Crippen molar-refractivity contribution in [1.29, 1.82) is 0 Å². The summed E-state index contributed by atoms with van der Waals surface area (Å²) in [6.07, 6.45) is 2.83. The summed E-state index contributed by atoms with van der Waals surface area (Å²) in [4.78, 5) is 8.81. The van der Waals surface area contributed by atoms with Gasteiger partial charge in [0.15, 0.2) is 11.6 Å². The van der Waals surface area contributed by atoms with E-state index in [-0.39, 0.29) is 12.0 Å². The van der Waals surface area contributed by atoms with E-state index in [4.69, 9.17) is 5.73 Å². The van der Waals surface area contributed by atoms with Gasteiger partial charge in [-0.3, -0.25) is 0 Å². The molecule has 2 atom stereocenters. The molecule has 1 aromatic heterocycles. The largest absolute Gasteiger partial charge is 0.393 e. The number of nitrogen functional groups attached to an aromatic ring is 1. The molecular formula is C14H18N4O. The molecule has 0 spiro atoms. The van der Waals surface area contributed by atoms with Gasteiger partial charge in [-0.05, 0) is 25.0 Å². The second-order valence-corrected chi connectivity index (χ2v) is 5.09. The van der Waals surface area contributed by atoms with E-state index < -0.39 is 0 Å². The lowest BCUT2D eigenvalue weighted by molar-refractivity contribution is 0.138. The Morgan fingerprint density at radius 1 is 1.21 bits per heavy atom. The van der Waals surface area contributed by atoms with E-state index in [1.807, 2.05) is 24.3 Å². The van der Waals surface area contributed by atoms with E-state index >= 15 is 0 Å². The Morgan fingerprint density at radius 3 is 2.63 bits per heavy atom. The van der Waals surface area contributed by atoms with Crippen molar-refractivity contribution in [2.24, 2.45) is 5.92 Å². The number of nitrogens with one attached hydrogen (secondary N) is 1. The first-order valence-corrected chi connectivity index (χ1v) is 6.68. The maximum Gasteiger partial charge on any atom is 0.169 e. The fourth-order valence-electron chi connectivity index (χ4n) is 2.63. The highest BCUT2D eigenvalue weighted by molar-refractivity contribution is 5.79. The summed E-state index contributed by atoms with van der Waals surface area (Å²) in [6, 6.07) is 7.65. The van der Waals surface area contributed by atoms with Crippen LogP contribution in [-0.4, -0.2) is 27.7 Å². The first kappa shape index (κ1) is 12.2. The minimum Gasteiger partial charge on any atom is -0.393 e. The van der Waals surface area contributed by atoms with E-state index in [0.717, 1.165) is 30.3 Å². The number of rotatable bonds is 3. The van der Waals surface area contributed by atoms with Crippen LogP contribution in [0.25, 0.3) is 11.0 Å². The summed E-state index contributed by atoms with van der Waals surface area (Å²) in [6.45, 7) is 0.693. The van der Waals surface area contributed by atoms with Crippen LogP contribution in [0.1, 0.15) is 19.3 Å². The first-order chi connectivity index (χ1) is 9.24. The fraction of sp³-hybridized carbons (Fsp3) is 0.429. The van der Waals surface area contributed by atoms with E-state index in [2.05, 4.69) is 15.3 Å². The van der Waals surface area contributed by atoms with Gasteiger partial charge in [-0.25, -0.2) is 9.97 Å². The lowest BCUT2D eigenvalue weighted by atomic mass is 10.1. The minimum absolute atomic E-state index is 0.206. The zero-order valence-corrected chi connectivity index (χ0v) is 10.7. The topological polar surface area (TPSA) is 84.1 Å². The van der Waals surface area contributed by atoms with Crippen molar-refractivity contribution in [3.63, 3.8) is 0 Å². The molecule has 1 saturated carbocycles. The lowest BCUT2D eigenvalue weighted by Gasteiger charge is -2.16. The van der Waals surface area contributed by atoms with Gasteiger partial charge >= 0.3 is 0 Å². The maximum absolute atomic E-state index is 9.80. The third-order valence-electron chi connectivity index (χ3n) is 3.75. The number of aromatic nitrogens is 2. The second kappa shape index (κ2) is 5.01. The van der Waals surface area contributed by atoms with Gasteiger partial charge in [0.1, 0.15) is 0 Å². The van der Waals surface area contributed by atoms with E-state index in [0.29, 0.717) is 18.2 Å². The number of hydrogen-bond donors (Lipinski definition) is 3. The van der Waals surface area contributed by atoms with Crippen LogP contribution in [0.2, 0.25) is 0 Å². The average molecular weight is 258 g/mol. The summed E-state index contributed by atoms with van der Waals surface area (Å²) in [5.41, 5.74) is 7.53. The Balaban J connectivity index is 1.78. The van der Waals surface area contributed by atoms with Crippen molar-refractivity contribution >= 4 is 22.7 Å². The second-order valence-electron chi connectivity index (χ2n) is 5.09. The van der Waals surface area contributed by atoms with Gasteiger partial charge in [0.05, 0.1) is 17.1 Å². The molecule has 5 heteroatoms. The third-order valence-corrected chi connectivity index (χ3v) is 3.75. The Kier molecular flexibility index (Phi) is 3.21. The number of aliphatic hydroxyl groups excluding tert-OH is 1. The zero-order chi connectivity index (χ0) is 13.2. The number of anilines is 2. The van der Waals surface area contributed by atoms with E-state index in [1.54, 1.807) is 0 Å². The molecule has 0 aliphatic heterocycles. The fourth-order valence-corrected chi connectivity index (χ4v) is 2.63. The zero-order valence-electron chi connectivity index (χ0n) is 10.7. The standard InChI is InChI=1S/C14H18N4O/c15-13-14(16-8-9-4-3-7-12(9)19)18-11-6-2-1-5-10(11)17-13/h1-2,5-6,9,12,19H,3-4,7-8H2,(H2,15,17)(H,16,18). The third kappa shape index (κ3) is 2.46. The van der Waals surface area contributed by atoms with Gasteiger partial charge < -0.3 is 16.2 Å². The molecule has 4 N–H and O–H groups in total. The molecular weight excluding hydrogens is 240 g/mol. The van der Waals surface area contributed by atoms with Crippen LogP contribution in [0.3, 0.4) is 0 Å². The molecule has 1 fully saturated rings. The quantitative estimate of drug-likeness (QED) is 0.781. The van der Waals surface area contributed by atoms with Gasteiger partial charge in [-0.15, -0.1) is 0 Å². The van der Waals surface area contributed by atoms with Crippen LogP contribution < -0.4 is 11.1 Å². The van der Waals surface area contributed by atoms with Crippen molar-refractivity contribution in [1.82, 2.24) is 9.97 Å². The number of nitrogens with zero attached hydrogens (tertiary/aromatic N) is 2. The first-order valence-electron chi connectivity index (χ1n) is 6.68. The Labute approximate surface area is 111 Å². The van der Waals surface area contributed by atoms with Gasteiger partial charge in [0.25, 0.3) is 0 Å². The monoisotopic (exact) mass is 258 g/mol. The Morgan fingerprint density at radius 2 is 1.95 bits per heavy atom. The average Bonchev–Trinajstić information content (AvgIpc) is 2.82. The van der Waals surface area contributed by atoms with Gasteiger partial charge in [0, 0.05) is 12.5 Å². The highest BCUT2D eigenvalue weighted by Crippen LogP contribution is 2.26. The molecule has 0 radical (unpaired) electrons. The summed E-state index contributed by atoms with van der Waals surface area (Å²) >= 11 is 0. The number of para-hydroxylation sites is 2. The molecule has 0 saturated heterocycles. The SMILES string of the molecule is Nc1nc2ccccc2nc1NCC1CCCC1O. The minimum atomic E-state index is -0.206. The van der Waals surface area contributed by atoms with Crippen LogP contribution >= 0.6 is 0 Å². The van der Waals surface area contributed by atoms with Gasteiger partial charge in [-0.2, -0.15) is 0 Å². The summed E-state index contributed by atoms with van der Waals surface area (Å²) in [7, 11) is 0. The predicted octanol–water partition coefficient (Wildman–Crippen LogP) is 1.78. The smallest absolute Gasteiger partial charge is 0.169 e.